The Balaban J connectivity index is 1.36. The third kappa shape index (κ3) is 7.21. The maximum absolute atomic E-state index is 13.0. The molecule has 1 amide bonds. The van der Waals surface area contributed by atoms with Crippen molar-refractivity contribution >= 4 is 81.8 Å². The summed E-state index contributed by atoms with van der Waals surface area (Å²) in [5.41, 5.74) is 1.37. The van der Waals surface area contributed by atoms with Gasteiger partial charge >= 0.3 is 5.97 Å². The first-order valence-electron chi connectivity index (χ1n) is 11.6. The number of hydrogen-bond donors (Lipinski definition) is 3. The average Bonchev–Trinajstić information content (AvgIpc) is 2.88. The summed E-state index contributed by atoms with van der Waals surface area (Å²) in [6.45, 7) is 0.298. The molecule has 0 spiro atoms. The van der Waals surface area contributed by atoms with Gasteiger partial charge in [-0.1, -0.05) is 35.4 Å². The van der Waals surface area contributed by atoms with Crippen LogP contribution in [0.25, 0.3) is 0 Å². The molecule has 2 aromatic heterocycles. The van der Waals surface area contributed by atoms with E-state index in [2.05, 4.69) is 10.3 Å². The minimum absolute atomic E-state index is 0.00446. The van der Waals surface area contributed by atoms with Crippen molar-refractivity contribution in [2.75, 3.05) is 11.5 Å². The fourth-order valence-electron chi connectivity index (χ4n) is 4.07. The lowest BCUT2D eigenvalue weighted by Gasteiger charge is -2.49. The fraction of sp³-hybridized carbons (Fsp3) is 0.333. The highest BCUT2D eigenvalue weighted by atomic mass is 35.5. The second-order valence-electron chi connectivity index (χ2n) is 8.69. The molecule has 1 fully saturated rings. The Labute approximate surface area is 247 Å². The van der Waals surface area contributed by atoms with Crippen LogP contribution in [0.5, 0.6) is 0 Å². The van der Waals surface area contributed by atoms with Crippen LogP contribution in [0, 0.1) is 0 Å². The second kappa shape index (κ2) is 12.8. The van der Waals surface area contributed by atoms with E-state index in [9.17, 15) is 29.7 Å². The van der Waals surface area contributed by atoms with Gasteiger partial charge in [-0.2, -0.15) is 0 Å². The zero-order valence-corrected chi connectivity index (χ0v) is 24.0. The molecule has 0 radical (unpaired) electrons. The number of carbonyl (C=O) groups excluding carboxylic acids is 2. The number of amides is 1. The molecule has 0 unspecified atom stereocenters. The van der Waals surface area contributed by atoms with E-state index in [-0.39, 0.29) is 28.3 Å². The van der Waals surface area contributed by atoms with Crippen LogP contribution in [0.4, 0.5) is 0 Å². The molecule has 4 heterocycles. The number of aliphatic hydroxyl groups is 1. The number of rotatable bonds is 11. The van der Waals surface area contributed by atoms with Crippen LogP contribution in [-0.2, 0) is 27.3 Å². The molecular formula is C24H22Cl2N4O6S3. The molecule has 0 saturated carbocycles. The monoisotopic (exact) mass is 628 g/mol. The number of halogens is 2. The molecule has 2 aliphatic heterocycles. The molecule has 2 aromatic rings. The van der Waals surface area contributed by atoms with Gasteiger partial charge in [0.15, 0.2) is 18.9 Å². The van der Waals surface area contributed by atoms with E-state index in [1.807, 2.05) is 12.1 Å². The zero-order valence-electron chi connectivity index (χ0n) is 20.1. The Kier molecular flexibility index (Phi) is 9.73. The maximum Gasteiger partial charge on any atom is 0.352 e. The summed E-state index contributed by atoms with van der Waals surface area (Å²) in [5.74, 6) is -2.22. The van der Waals surface area contributed by atoms with E-state index in [0.717, 1.165) is 10.5 Å². The van der Waals surface area contributed by atoms with Crippen molar-refractivity contribution < 1.29 is 34.3 Å². The fourth-order valence-corrected chi connectivity index (χ4v) is 7.24. The van der Waals surface area contributed by atoms with Gasteiger partial charge in [0.05, 0.1) is 17.1 Å². The molecule has 39 heavy (non-hydrogen) atoms. The summed E-state index contributed by atoms with van der Waals surface area (Å²) >= 11 is 20.2. The largest absolute Gasteiger partial charge is 0.547 e. The number of fused-ring (bicyclic) bond motifs is 1. The van der Waals surface area contributed by atoms with Crippen molar-refractivity contribution in [1.29, 1.82) is 0 Å². The minimum Gasteiger partial charge on any atom is -0.547 e. The van der Waals surface area contributed by atoms with E-state index in [0.29, 0.717) is 35.0 Å². The summed E-state index contributed by atoms with van der Waals surface area (Å²) in [7, 11) is 0. The summed E-state index contributed by atoms with van der Waals surface area (Å²) in [6.07, 6.45) is 2.28. The van der Waals surface area contributed by atoms with Gasteiger partial charge in [-0.05, 0) is 23.3 Å². The van der Waals surface area contributed by atoms with Crippen molar-refractivity contribution in [2.24, 2.45) is 0 Å². The Hall–Kier alpha value is -2.42. The van der Waals surface area contributed by atoms with E-state index < -0.39 is 29.5 Å². The Bertz CT molecular complexity index is 1320. The predicted molar refractivity (Wildman–Crippen MR) is 148 cm³/mol. The van der Waals surface area contributed by atoms with Crippen molar-refractivity contribution in [3.05, 3.63) is 63.8 Å². The van der Waals surface area contributed by atoms with Crippen molar-refractivity contribution in [3.63, 3.8) is 0 Å². The number of hydrogen-bond acceptors (Lipinski definition) is 9. The lowest BCUT2D eigenvalue weighted by molar-refractivity contribution is -0.698. The molecule has 0 bridgehead atoms. The number of carboxylic acid groups (broad SMARTS) is 2. The van der Waals surface area contributed by atoms with Crippen molar-refractivity contribution in [2.45, 2.75) is 41.8 Å². The van der Waals surface area contributed by atoms with Gasteiger partial charge < -0.3 is 25.4 Å². The van der Waals surface area contributed by atoms with E-state index in [1.54, 1.807) is 29.1 Å². The first-order valence-corrected chi connectivity index (χ1v) is 14.8. The third-order valence-electron chi connectivity index (χ3n) is 5.96. The number of aliphatic hydroxyl groups excluding tert-OH is 1. The summed E-state index contributed by atoms with van der Waals surface area (Å²) in [4.78, 5) is 42.3. The molecule has 1 saturated heterocycles. The van der Waals surface area contributed by atoms with E-state index >= 15 is 0 Å². The number of nitrogens with zero attached hydrogens (tertiary/aromatic N) is 3. The highest BCUT2D eigenvalue weighted by molar-refractivity contribution is 8.01. The van der Waals surface area contributed by atoms with Gasteiger partial charge in [-0.15, -0.1) is 23.5 Å². The molecule has 0 aliphatic carbocycles. The first kappa shape index (κ1) is 29.6. The minimum atomic E-state index is -1.53. The predicted octanol–water partition coefficient (Wildman–Crippen LogP) is 1.05. The smallest absolute Gasteiger partial charge is 0.352 e. The van der Waals surface area contributed by atoms with Crippen molar-refractivity contribution in [3.8, 4) is 0 Å². The molecule has 3 atom stereocenters. The number of carbonyl (C=O) groups is 3. The van der Waals surface area contributed by atoms with Gasteiger partial charge in [0.1, 0.15) is 27.4 Å². The topological polar surface area (TPSA) is 147 Å². The van der Waals surface area contributed by atoms with Gasteiger partial charge in [-0.25, -0.2) is 14.3 Å². The van der Waals surface area contributed by atoms with Gasteiger partial charge in [0.25, 0.3) is 5.91 Å². The lowest BCUT2D eigenvalue weighted by Crippen LogP contribution is -2.70. The van der Waals surface area contributed by atoms with Gasteiger partial charge in [0.2, 0.25) is 0 Å². The summed E-state index contributed by atoms with van der Waals surface area (Å²) < 4.78 is 1.73. The standard InChI is InChI=1S/C24H22Cl2N4O6S3/c25-16-7-12(8-17(26)27-16)9-18(37)28-19-21(32)30-20(24(35)36)13(11-39-22(19)30)10-38-14-1-4-29(5-2-14)6-3-15(31)23(33)34/h1-2,4-5,7-8,15,19,22,31H,3,6,9-11H2,(H2-,28,33,34,35,36,37)/t15-,19+,22+/m0/s1. The molecular weight excluding hydrogens is 607 g/mol. The van der Waals surface area contributed by atoms with Crippen LogP contribution in [0.15, 0.2) is 52.8 Å². The molecule has 206 valence electrons. The van der Waals surface area contributed by atoms with Gasteiger partial charge in [-0.3, -0.25) is 9.69 Å². The van der Waals surface area contributed by atoms with Crippen molar-refractivity contribution in [1.82, 2.24) is 15.2 Å². The number of aryl methyl sites for hydroxylation is 1. The van der Waals surface area contributed by atoms with E-state index in [1.165, 1.54) is 28.4 Å². The van der Waals surface area contributed by atoms with Gasteiger partial charge in [0, 0.05) is 41.4 Å². The SMILES string of the molecule is O=C(O)C1=C(CSc2cc[n+](CC[C@H](O)C(=O)[O-])cc2)CS[C@@H]2[C@H](NC(=S)Cc3cc(Cl)nc(Cl)c3)C(=O)N12. The highest BCUT2D eigenvalue weighted by Crippen LogP contribution is 2.41. The molecule has 3 N–H and O–H groups in total. The summed E-state index contributed by atoms with van der Waals surface area (Å²) in [6, 6.07) is 6.26. The lowest BCUT2D eigenvalue weighted by atomic mass is 10.0. The number of thiocarbonyl (C=S) groups is 1. The molecule has 15 heteroatoms. The van der Waals surface area contributed by atoms with Crippen LogP contribution >= 0.6 is 58.9 Å². The Morgan fingerprint density at radius 1 is 1.31 bits per heavy atom. The number of thioether (sulfide) groups is 2. The third-order valence-corrected chi connectivity index (χ3v) is 9.05. The number of pyridine rings is 2. The Morgan fingerprint density at radius 3 is 2.59 bits per heavy atom. The number of β-lactam (4-membered cyclic amide) rings is 1. The van der Waals surface area contributed by atoms with Crippen LogP contribution in [-0.4, -0.2) is 72.0 Å². The van der Waals surface area contributed by atoms with Crippen LogP contribution in [0.3, 0.4) is 0 Å². The zero-order chi connectivity index (χ0) is 28.3. The number of aliphatic carboxylic acids is 2. The molecule has 0 aromatic carbocycles. The molecule has 10 nitrogen and oxygen atoms in total. The van der Waals surface area contributed by atoms with Crippen LogP contribution < -0.4 is 15.0 Å². The van der Waals surface area contributed by atoms with Crippen LogP contribution in [0.1, 0.15) is 12.0 Å². The average molecular weight is 630 g/mol. The number of carboxylic acids is 2. The summed E-state index contributed by atoms with van der Waals surface area (Å²) in [5, 5.41) is 33.0. The molecule has 2 aliphatic rings. The van der Waals surface area contributed by atoms with E-state index in [4.69, 9.17) is 35.4 Å². The molecule has 4 rings (SSSR count). The van der Waals surface area contributed by atoms with Crippen LogP contribution in [0.2, 0.25) is 10.3 Å². The highest BCUT2D eigenvalue weighted by Gasteiger charge is 2.53. The normalized spacial score (nSPS) is 19.3. The second-order valence-corrected chi connectivity index (χ2v) is 12.1. The number of nitrogens with one attached hydrogen (secondary N) is 1. The first-order chi connectivity index (χ1) is 18.5. The Morgan fingerprint density at radius 2 is 1.97 bits per heavy atom. The maximum atomic E-state index is 13.0. The number of aromatic nitrogens is 2. The quantitative estimate of drug-likeness (QED) is 0.108.